The Balaban J connectivity index is 0.00000153. The smallest absolute Gasteiger partial charge is 0.204 e. The van der Waals surface area contributed by atoms with Crippen LogP contribution in [0.4, 0.5) is 5.82 Å². The first-order valence-corrected chi connectivity index (χ1v) is 13.1. The fraction of sp³-hybridized carbons (Fsp3) is 0.138. The molecule has 0 bridgehead atoms. The van der Waals surface area contributed by atoms with Crippen molar-refractivity contribution in [3.63, 3.8) is 0 Å². The molecule has 0 spiro atoms. The highest BCUT2D eigenvalue weighted by atomic mass is 35.5. The monoisotopic (exact) mass is 533 g/mol. The number of primary amides is 1. The average Bonchev–Trinajstić information content (AvgIpc) is 2.89. The second kappa shape index (κ2) is 16.0. The van der Waals surface area contributed by atoms with Crippen LogP contribution in [0.3, 0.4) is 0 Å². The second-order valence-corrected chi connectivity index (χ2v) is 9.01. The maximum atomic E-state index is 8.58. The zero-order valence-electron chi connectivity index (χ0n) is 21.0. The van der Waals surface area contributed by atoms with E-state index in [-0.39, 0.29) is 6.41 Å². The number of benzene rings is 2. The summed E-state index contributed by atoms with van der Waals surface area (Å²) < 4.78 is 0. The van der Waals surface area contributed by atoms with Crippen molar-refractivity contribution in [1.29, 1.82) is 0 Å². The van der Waals surface area contributed by atoms with Crippen molar-refractivity contribution < 1.29 is 4.79 Å². The molecule has 2 aromatic carbocycles. The van der Waals surface area contributed by atoms with Crippen LogP contribution in [0.25, 0.3) is 4.91 Å². The second-order valence-electron chi connectivity index (χ2n) is 7.72. The van der Waals surface area contributed by atoms with Crippen molar-refractivity contribution in [2.45, 2.75) is 13.3 Å². The molecule has 6 nitrogen and oxygen atoms in total. The van der Waals surface area contributed by atoms with Gasteiger partial charge in [0.25, 0.3) is 0 Å². The third-order valence-corrected chi connectivity index (χ3v) is 6.28. The fourth-order valence-corrected chi connectivity index (χ4v) is 4.15. The molecule has 0 unspecified atom stereocenters. The van der Waals surface area contributed by atoms with E-state index >= 15 is 0 Å². The molecule has 1 amide bonds. The standard InChI is InChI=1S/C28H29ClN4S.CH3NO/c1-4-31-27(30)25-19-22(13-10-20(25)2)26(34-3)9-5-6-16-32-28-23(8-7-17-33-28)18-21-11-14-24(29)15-12-21;2-1-3/h4-15,17,19H,1,16,18H2,2-3H3,(H2,30,31)(H,32,33);1H,(H2,2,3)/b6-5+,26-9-;. The molecule has 0 aliphatic heterocycles. The number of carbonyl (C=O) groups is 1. The molecule has 192 valence electrons. The highest BCUT2D eigenvalue weighted by Gasteiger charge is 2.07. The van der Waals surface area contributed by atoms with Gasteiger partial charge in [-0.05, 0) is 65.8 Å². The van der Waals surface area contributed by atoms with Crippen molar-refractivity contribution in [3.05, 3.63) is 125 Å². The molecule has 37 heavy (non-hydrogen) atoms. The topological polar surface area (TPSA) is 106 Å². The number of hydrogen-bond donors (Lipinski definition) is 3. The maximum absolute atomic E-state index is 8.58. The van der Waals surface area contributed by atoms with E-state index in [0.717, 1.165) is 44.4 Å². The predicted molar refractivity (Wildman–Crippen MR) is 160 cm³/mol. The quantitative estimate of drug-likeness (QED) is 0.129. The Hall–Kier alpha value is -3.81. The largest absolute Gasteiger partial charge is 0.383 e. The van der Waals surface area contributed by atoms with Crippen molar-refractivity contribution in [2.24, 2.45) is 16.5 Å². The lowest BCUT2D eigenvalue weighted by atomic mass is 10.0. The van der Waals surface area contributed by atoms with Crippen molar-refractivity contribution in [2.75, 3.05) is 18.1 Å². The SMILES string of the molecule is C=CN=C(N)c1cc(/C(=C/C=C/CNc2ncccc2Cc2ccc(Cl)cc2)SC)ccc1C.NC=O. The number of halogens is 1. The van der Waals surface area contributed by atoms with Gasteiger partial charge < -0.3 is 16.8 Å². The summed E-state index contributed by atoms with van der Waals surface area (Å²) in [4.78, 5) is 18.4. The maximum Gasteiger partial charge on any atom is 0.204 e. The number of aliphatic imine (C=N–C) groups is 1. The number of aromatic nitrogens is 1. The molecule has 1 heterocycles. The van der Waals surface area contributed by atoms with Gasteiger partial charge in [-0.15, -0.1) is 11.8 Å². The molecule has 5 N–H and O–H groups in total. The van der Waals surface area contributed by atoms with Crippen LogP contribution >= 0.6 is 23.4 Å². The van der Waals surface area contributed by atoms with Gasteiger partial charge in [-0.3, -0.25) is 4.79 Å². The number of nitrogens with two attached hydrogens (primary N) is 2. The minimum atomic E-state index is 0.250. The average molecular weight is 534 g/mol. The van der Waals surface area contributed by atoms with Crippen molar-refractivity contribution >= 4 is 46.3 Å². The molecule has 0 saturated heterocycles. The molecule has 0 atom stereocenters. The molecule has 3 rings (SSSR count). The number of nitrogens with one attached hydrogen (secondary N) is 1. The lowest BCUT2D eigenvalue weighted by molar-refractivity contribution is -0.106. The number of rotatable bonds is 10. The molecule has 0 aliphatic rings. The summed E-state index contributed by atoms with van der Waals surface area (Å²) in [5, 5.41) is 4.16. The number of anilines is 1. The number of allylic oxidation sites excluding steroid dienone is 2. The van der Waals surface area contributed by atoms with Gasteiger partial charge in [0.2, 0.25) is 6.41 Å². The lowest BCUT2D eigenvalue weighted by Crippen LogP contribution is -2.14. The van der Waals surface area contributed by atoms with Crippen LogP contribution in [0.15, 0.2) is 96.8 Å². The van der Waals surface area contributed by atoms with Gasteiger partial charge >= 0.3 is 0 Å². The van der Waals surface area contributed by atoms with Crippen LogP contribution in [0, 0.1) is 6.92 Å². The van der Waals surface area contributed by atoms with Gasteiger partial charge in [0.15, 0.2) is 0 Å². The van der Waals surface area contributed by atoms with Gasteiger partial charge in [0.05, 0.1) is 0 Å². The normalized spacial score (nSPS) is 11.5. The van der Waals surface area contributed by atoms with Gasteiger partial charge in [-0.2, -0.15) is 0 Å². The van der Waals surface area contributed by atoms with Crippen LogP contribution in [-0.2, 0) is 11.2 Å². The van der Waals surface area contributed by atoms with E-state index in [4.69, 9.17) is 22.1 Å². The minimum Gasteiger partial charge on any atom is -0.383 e. The third-order valence-electron chi connectivity index (χ3n) is 5.22. The molecule has 1 aromatic heterocycles. The van der Waals surface area contributed by atoms with E-state index in [2.05, 4.69) is 76.4 Å². The van der Waals surface area contributed by atoms with Crippen molar-refractivity contribution in [1.82, 2.24) is 4.98 Å². The van der Waals surface area contributed by atoms with Gasteiger partial charge in [0, 0.05) is 40.9 Å². The minimum absolute atomic E-state index is 0.250. The Morgan fingerprint density at radius 2 is 1.95 bits per heavy atom. The highest BCUT2D eigenvalue weighted by molar-refractivity contribution is 8.07. The molecular formula is C29H32ClN5OS. The molecule has 8 heteroatoms. The Kier molecular flexibility index (Phi) is 12.8. The highest BCUT2D eigenvalue weighted by Crippen LogP contribution is 2.27. The summed E-state index contributed by atoms with van der Waals surface area (Å²) >= 11 is 7.69. The zero-order chi connectivity index (χ0) is 27.0. The molecule has 0 fully saturated rings. The number of aryl methyl sites for hydroxylation is 1. The molecule has 3 aromatic rings. The summed E-state index contributed by atoms with van der Waals surface area (Å²) in [6.07, 6.45) is 12.6. The number of hydrogen-bond acceptors (Lipinski definition) is 5. The number of amides is 1. The lowest BCUT2D eigenvalue weighted by Gasteiger charge is -2.10. The van der Waals surface area contributed by atoms with Crippen LogP contribution in [0.1, 0.15) is 27.8 Å². The van der Waals surface area contributed by atoms with Gasteiger partial charge in [-0.25, -0.2) is 9.98 Å². The number of amidine groups is 1. The van der Waals surface area contributed by atoms with Crippen LogP contribution in [0.5, 0.6) is 0 Å². The molecule has 0 radical (unpaired) electrons. The summed E-state index contributed by atoms with van der Waals surface area (Å²) in [6, 6.07) is 18.2. The van der Waals surface area contributed by atoms with Crippen LogP contribution in [-0.4, -0.2) is 30.0 Å². The van der Waals surface area contributed by atoms with E-state index < -0.39 is 0 Å². The van der Waals surface area contributed by atoms with E-state index in [1.807, 2.05) is 37.3 Å². The molecular weight excluding hydrogens is 502 g/mol. The first-order chi connectivity index (χ1) is 17.9. The Morgan fingerprint density at radius 1 is 1.22 bits per heavy atom. The molecule has 0 saturated carbocycles. The summed E-state index contributed by atoms with van der Waals surface area (Å²) in [5.41, 5.74) is 15.7. The number of pyridine rings is 1. The first kappa shape index (κ1) is 29.4. The van der Waals surface area contributed by atoms with Crippen LogP contribution in [0.2, 0.25) is 5.02 Å². The molecule has 0 aliphatic carbocycles. The summed E-state index contributed by atoms with van der Waals surface area (Å²) in [5.74, 6) is 1.36. The number of nitrogens with zero attached hydrogens (tertiary/aromatic N) is 2. The Bertz CT molecular complexity index is 1270. The number of thioether (sulfide) groups is 1. The summed E-state index contributed by atoms with van der Waals surface area (Å²) in [7, 11) is 0. The predicted octanol–water partition coefficient (Wildman–Crippen LogP) is 5.96. The fourth-order valence-electron chi connectivity index (χ4n) is 3.44. The van der Waals surface area contributed by atoms with Crippen molar-refractivity contribution in [3.8, 4) is 0 Å². The van der Waals surface area contributed by atoms with Crippen LogP contribution < -0.4 is 16.8 Å². The Labute approximate surface area is 228 Å². The van der Waals surface area contributed by atoms with Gasteiger partial charge in [0.1, 0.15) is 11.7 Å². The van der Waals surface area contributed by atoms with E-state index in [1.165, 1.54) is 11.8 Å². The summed E-state index contributed by atoms with van der Waals surface area (Å²) in [6.45, 7) is 6.32. The zero-order valence-corrected chi connectivity index (χ0v) is 22.6. The number of carbonyl (C=O) groups excluding carboxylic acids is 1. The third kappa shape index (κ3) is 9.63. The Morgan fingerprint density at radius 3 is 2.62 bits per heavy atom. The first-order valence-electron chi connectivity index (χ1n) is 11.5. The van der Waals surface area contributed by atoms with E-state index in [1.54, 1.807) is 18.0 Å². The van der Waals surface area contributed by atoms with Gasteiger partial charge in [-0.1, -0.05) is 60.7 Å². The van der Waals surface area contributed by atoms with E-state index in [0.29, 0.717) is 12.4 Å². The van der Waals surface area contributed by atoms with E-state index in [9.17, 15) is 0 Å².